The van der Waals surface area contributed by atoms with E-state index in [1.165, 1.54) is 0 Å². The maximum absolute atomic E-state index is 8.39. The Labute approximate surface area is 55.6 Å². The Hall–Kier alpha value is -0.590. The van der Waals surface area contributed by atoms with Gasteiger partial charge in [0.2, 0.25) is 0 Å². The topological polar surface area (TPSA) is 77.4 Å². The highest BCUT2D eigenvalue weighted by molar-refractivity contribution is 4.87. The summed E-state index contributed by atoms with van der Waals surface area (Å²) in [6.45, 7) is 3.83. The zero-order chi connectivity index (χ0) is 7.44. The van der Waals surface area contributed by atoms with Gasteiger partial charge >= 0.3 is 0 Å². The van der Waals surface area contributed by atoms with E-state index in [-0.39, 0.29) is 18.0 Å². The summed E-state index contributed by atoms with van der Waals surface area (Å²) in [5, 5.41) is 8.39. The van der Waals surface area contributed by atoms with Crippen LogP contribution >= 0.6 is 0 Å². The van der Waals surface area contributed by atoms with Crippen molar-refractivity contribution in [2.24, 2.45) is 11.7 Å². The van der Waals surface area contributed by atoms with Crippen molar-refractivity contribution >= 4 is 0 Å². The van der Waals surface area contributed by atoms with Gasteiger partial charge in [-0.25, -0.2) is 0 Å². The molecule has 0 aromatic carbocycles. The van der Waals surface area contributed by atoms with Crippen molar-refractivity contribution in [3.8, 4) is 6.07 Å². The molecule has 0 saturated carbocycles. The van der Waals surface area contributed by atoms with Crippen LogP contribution in [-0.2, 0) is 0 Å². The maximum atomic E-state index is 8.39. The van der Waals surface area contributed by atoms with Crippen molar-refractivity contribution in [3.05, 3.63) is 0 Å². The van der Waals surface area contributed by atoms with Crippen molar-refractivity contribution in [2.75, 3.05) is 0 Å². The second-order valence-electron chi connectivity index (χ2n) is 2.45. The van der Waals surface area contributed by atoms with E-state index < -0.39 is 0 Å². The molecule has 0 saturated heterocycles. The van der Waals surface area contributed by atoms with Crippen molar-refractivity contribution in [2.45, 2.75) is 25.9 Å². The van der Waals surface area contributed by atoms with Gasteiger partial charge in [0.15, 0.2) is 6.04 Å². The summed E-state index contributed by atoms with van der Waals surface area (Å²) < 4.78 is 0. The molecule has 3 nitrogen and oxygen atoms in total. The minimum absolute atomic E-state index is 0.0622. The molecule has 0 aromatic rings. The molecule has 0 aliphatic heterocycles. The Morgan fingerprint density at radius 2 is 2.00 bits per heavy atom. The monoisotopic (exact) mass is 128 g/mol. The second kappa shape index (κ2) is 3.44. The van der Waals surface area contributed by atoms with E-state index in [1.807, 2.05) is 13.8 Å². The number of hydrogen-bond donors (Lipinski definition) is 2. The molecule has 0 heterocycles. The van der Waals surface area contributed by atoms with Crippen LogP contribution in [0.4, 0.5) is 0 Å². The van der Waals surface area contributed by atoms with Gasteiger partial charge in [-0.15, -0.1) is 0 Å². The lowest BCUT2D eigenvalue weighted by molar-refractivity contribution is -0.412. The maximum Gasteiger partial charge on any atom is 0.175 e. The fraction of sp³-hybridized carbons (Fsp3) is 0.833. The first-order chi connectivity index (χ1) is 4.09. The van der Waals surface area contributed by atoms with Gasteiger partial charge in [-0.05, 0) is 6.92 Å². The van der Waals surface area contributed by atoms with Gasteiger partial charge in [0, 0.05) is 12.0 Å². The highest BCUT2D eigenvalue weighted by Gasteiger charge is 2.18. The second-order valence-corrected chi connectivity index (χ2v) is 2.45. The average Bonchev–Trinajstić information content (AvgIpc) is 1.84. The molecule has 0 spiro atoms. The number of nitriles is 1. The normalized spacial score (nSPS) is 19.9. The Balaban J connectivity index is 3.76. The highest BCUT2D eigenvalue weighted by Crippen LogP contribution is 2.00. The number of nitrogens with two attached hydrogens (primary N) is 1. The number of nitrogens with zero attached hydrogens (tertiary/aromatic N) is 1. The first-order valence-corrected chi connectivity index (χ1v) is 3.08. The lowest BCUT2D eigenvalue weighted by Crippen LogP contribution is -2.65. The summed E-state index contributed by atoms with van der Waals surface area (Å²) in [7, 11) is 0. The molecule has 3 heteroatoms. The Morgan fingerprint density at radius 1 is 1.56 bits per heavy atom. The summed E-state index contributed by atoms with van der Waals surface area (Å²) in [4.78, 5) is 0. The number of rotatable bonds is 2. The molecule has 0 aliphatic carbocycles. The Kier molecular flexibility index (Phi) is 3.21. The molecular formula is C6H14N3+. The molecule has 3 unspecified atom stereocenters. The average molecular weight is 128 g/mol. The lowest BCUT2D eigenvalue weighted by Gasteiger charge is -2.13. The Bertz CT molecular complexity index is 114. The van der Waals surface area contributed by atoms with Crippen LogP contribution in [0.15, 0.2) is 0 Å². The predicted octanol–water partition coefficient (Wildman–Crippen LogP) is -0.896. The van der Waals surface area contributed by atoms with Gasteiger partial charge in [0.25, 0.3) is 0 Å². The van der Waals surface area contributed by atoms with Crippen LogP contribution in [0.5, 0.6) is 0 Å². The molecule has 0 radical (unpaired) electrons. The molecule has 9 heavy (non-hydrogen) atoms. The van der Waals surface area contributed by atoms with Crippen LogP contribution in [0.2, 0.25) is 0 Å². The van der Waals surface area contributed by atoms with Gasteiger partial charge in [-0.3, -0.25) is 0 Å². The first kappa shape index (κ1) is 8.41. The molecule has 0 amide bonds. The molecule has 0 bridgehead atoms. The van der Waals surface area contributed by atoms with E-state index in [4.69, 9.17) is 11.0 Å². The van der Waals surface area contributed by atoms with Crippen molar-refractivity contribution in [3.63, 3.8) is 0 Å². The van der Waals surface area contributed by atoms with Crippen molar-refractivity contribution in [1.82, 2.24) is 0 Å². The van der Waals surface area contributed by atoms with Crippen LogP contribution in [-0.4, -0.2) is 12.1 Å². The van der Waals surface area contributed by atoms with Crippen LogP contribution in [0.1, 0.15) is 13.8 Å². The van der Waals surface area contributed by atoms with Crippen LogP contribution in [0.3, 0.4) is 0 Å². The third-order valence-electron chi connectivity index (χ3n) is 1.63. The summed E-state index contributed by atoms with van der Waals surface area (Å²) >= 11 is 0. The van der Waals surface area contributed by atoms with Crippen molar-refractivity contribution < 1.29 is 5.73 Å². The van der Waals surface area contributed by atoms with Crippen LogP contribution < -0.4 is 11.5 Å². The summed E-state index contributed by atoms with van der Waals surface area (Å²) in [5.41, 5.74) is 9.16. The first-order valence-electron chi connectivity index (χ1n) is 3.08. The largest absolute Gasteiger partial charge is 0.343 e. The smallest absolute Gasteiger partial charge is 0.175 e. The fourth-order valence-electron chi connectivity index (χ4n) is 0.484. The van der Waals surface area contributed by atoms with E-state index in [0.29, 0.717) is 0 Å². The van der Waals surface area contributed by atoms with E-state index in [1.54, 1.807) is 0 Å². The minimum Gasteiger partial charge on any atom is -0.343 e. The predicted molar refractivity (Wildman–Crippen MR) is 35.1 cm³/mol. The van der Waals surface area contributed by atoms with Crippen molar-refractivity contribution in [1.29, 1.82) is 5.26 Å². The number of hydrogen-bond acceptors (Lipinski definition) is 2. The van der Waals surface area contributed by atoms with Crippen LogP contribution in [0, 0.1) is 17.2 Å². The standard InChI is InChI=1S/C6H13N3/c1-4(5(2)8)6(9)3-7/h4-6H,8-9H2,1-2H3/p+1. The van der Waals surface area contributed by atoms with Gasteiger partial charge in [-0.1, -0.05) is 6.92 Å². The molecule has 3 atom stereocenters. The van der Waals surface area contributed by atoms with Gasteiger partial charge in [-0.2, -0.15) is 5.26 Å². The highest BCUT2D eigenvalue weighted by atomic mass is 14.7. The summed E-state index contributed by atoms with van der Waals surface area (Å²) in [5.74, 6) is 0.190. The molecular weight excluding hydrogens is 114 g/mol. The molecule has 0 fully saturated rings. The zero-order valence-electron chi connectivity index (χ0n) is 5.96. The molecule has 0 aliphatic rings. The summed E-state index contributed by atoms with van der Waals surface area (Å²) in [6, 6.07) is 1.94. The van der Waals surface area contributed by atoms with E-state index >= 15 is 0 Å². The minimum atomic E-state index is -0.176. The quantitative estimate of drug-likeness (QED) is 0.505. The molecule has 5 N–H and O–H groups in total. The third kappa shape index (κ3) is 2.45. The SMILES string of the molecule is CC(N)C(C)C([NH3+])C#N. The Morgan fingerprint density at radius 3 is 2.11 bits per heavy atom. The zero-order valence-corrected chi connectivity index (χ0v) is 5.96. The van der Waals surface area contributed by atoms with E-state index in [9.17, 15) is 0 Å². The van der Waals surface area contributed by atoms with Crippen LogP contribution in [0.25, 0.3) is 0 Å². The summed E-state index contributed by atoms with van der Waals surface area (Å²) in [6.07, 6.45) is 0. The molecule has 0 aromatic heterocycles. The fourth-order valence-corrected chi connectivity index (χ4v) is 0.484. The number of quaternary nitrogens is 1. The lowest BCUT2D eigenvalue weighted by atomic mass is 9.97. The van der Waals surface area contributed by atoms with E-state index in [2.05, 4.69) is 11.8 Å². The van der Waals surface area contributed by atoms with Gasteiger partial charge in [0.1, 0.15) is 6.07 Å². The third-order valence-corrected chi connectivity index (χ3v) is 1.63. The van der Waals surface area contributed by atoms with Gasteiger partial charge in [0.05, 0.1) is 0 Å². The van der Waals surface area contributed by atoms with Gasteiger partial charge < -0.3 is 11.5 Å². The molecule has 52 valence electrons. The van der Waals surface area contributed by atoms with E-state index in [0.717, 1.165) is 0 Å². The molecule has 0 rings (SSSR count).